The van der Waals surface area contributed by atoms with E-state index in [4.69, 9.17) is 0 Å². The van der Waals surface area contributed by atoms with E-state index in [-0.39, 0.29) is 0 Å². The Kier molecular flexibility index (Phi) is 2.70. The molecule has 3 heteroatoms. The summed E-state index contributed by atoms with van der Waals surface area (Å²) in [6.45, 7) is 3.65. The molecule has 2 aromatic rings. The van der Waals surface area contributed by atoms with Crippen molar-refractivity contribution in [3.63, 3.8) is 0 Å². The first kappa shape index (κ1) is 13.8. The molecule has 0 unspecified atom stereocenters. The monoisotopic (exact) mass is 309 g/mol. The predicted molar refractivity (Wildman–Crippen MR) is 92.0 cm³/mol. The van der Waals surface area contributed by atoms with Crippen LogP contribution >= 0.6 is 0 Å². The van der Waals surface area contributed by atoms with Crippen molar-refractivity contribution in [2.75, 3.05) is 20.2 Å². The second-order valence-corrected chi connectivity index (χ2v) is 7.91. The van der Waals surface area contributed by atoms with E-state index in [0.29, 0.717) is 30.5 Å². The molecule has 0 amide bonds. The molecule has 6 rings (SSSR count). The van der Waals surface area contributed by atoms with Crippen LogP contribution in [0.4, 0.5) is 0 Å². The number of aliphatic hydroxyl groups excluding tert-OH is 1. The fraction of sp³-hybridized carbons (Fsp3) is 0.500. The standard InChI is InChI=1S/C20H25N2O/c1-3-12-10-22(2)18-9-15-13-6-4-5-7-17(13)21-20(15)19(22)8-14(12)16(18)11-23/h3-7,14,16,18-19,21,23H,8-11H2,1-2H3/q+1/b12-3-/t14-,16-,18-,19+,22-/m1/s1. The molecule has 3 nitrogen and oxygen atoms in total. The van der Waals surface area contributed by atoms with Gasteiger partial charge in [0, 0.05) is 35.6 Å². The summed E-state index contributed by atoms with van der Waals surface area (Å²) < 4.78 is 1.08. The van der Waals surface area contributed by atoms with E-state index in [0.717, 1.165) is 17.4 Å². The highest BCUT2D eigenvalue weighted by Crippen LogP contribution is 2.57. The third kappa shape index (κ3) is 1.57. The van der Waals surface area contributed by atoms with Crippen LogP contribution in [0, 0.1) is 11.8 Å². The molecule has 3 saturated heterocycles. The van der Waals surface area contributed by atoms with Gasteiger partial charge >= 0.3 is 0 Å². The largest absolute Gasteiger partial charge is 0.396 e. The first-order chi connectivity index (χ1) is 11.2. The van der Waals surface area contributed by atoms with Crippen molar-refractivity contribution in [1.82, 2.24) is 4.98 Å². The van der Waals surface area contributed by atoms with Crippen molar-refractivity contribution in [3.05, 3.63) is 47.2 Å². The minimum absolute atomic E-state index is 0.324. The van der Waals surface area contributed by atoms with Crippen molar-refractivity contribution in [3.8, 4) is 0 Å². The van der Waals surface area contributed by atoms with Gasteiger partial charge in [0.25, 0.3) is 0 Å². The van der Waals surface area contributed by atoms with Gasteiger partial charge in [0.05, 0.1) is 25.4 Å². The zero-order valence-electron chi connectivity index (χ0n) is 13.9. The van der Waals surface area contributed by atoms with E-state index >= 15 is 0 Å². The molecule has 5 atom stereocenters. The number of fused-ring (bicyclic) bond motifs is 4. The third-order valence-electron chi connectivity index (χ3n) is 7.13. The average Bonchev–Trinajstić information content (AvgIpc) is 2.92. The molecule has 120 valence electrons. The van der Waals surface area contributed by atoms with Gasteiger partial charge in [-0.3, -0.25) is 0 Å². The zero-order chi connectivity index (χ0) is 15.8. The normalized spacial score (nSPS) is 39.9. The minimum atomic E-state index is 0.324. The van der Waals surface area contributed by atoms with Gasteiger partial charge in [0.15, 0.2) is 0 Å². The van der Waals surface area contributed by atoms with Gasteiger partial charge in [-0.25, -0.2) is 0 Å². The molecule has 0 radical (unpaired) electrons. The summed E-state index contributed by atoms with van der Waals surface area (Å²) >= 11 is 0. The molecule has 0 spiro atoms. The Hall–Kier alpha value is -1.58. The second kappa shape index (κ2) is 4.49. The summed E-state index contributed by atoms with van der Waals surface area (Å²) in [6.07, 6.45) is 4.59. The van der Waals surface area contributed by atoms with Gasteiger partial charge in [0.2, 0.25) is 0 Å². The molecule has 1 aromatic heterocycles. The zero-order valence-corrected chi connectivity index (χ0v) is 13.9. The summed E-state index contributed by atoms with van der Waals surface area (Å²) in [4.78, 5) is 3.75. The molecule has 4 aliphatic heterocycles. The van der Waals surface area contributed by atoms with E-state index in [1.54, 1.807) is 5.57 Å². The van der Waals surface area contributed by atoms with Gasteiger partial charge in [-0.15, -0.1) is 0 Å². The summed E-state index contributed by atoms with van der Waals surface area (Å²) in [5.41, 5.74) is 5.84. The maximum atomic E-state index is 10.1. The Labute approximate surface area is 137 Å². The summed E-state index contributed by atoms with van der Waals surface area (Å²) in [5.74, 6) is 0.984. The first-order valence-electron chi connectivity index (χ1n) is 8.87. The fourth-order valence-corrected chi connectivity index (χ4v) is 6.02. The van der Waals surface area contributed by atoms with E-state index in [1.165, 1.54) is 28.6 Å². The number of hydrogen-bond acceptors (Lipinski definition) is 1. The molecular formula is C20H25N2O+. The quantitative estimate of drug-likeness (QED) is 0.616. The van der Waals surface area contributed by atoms with E-state index < -0.39 is 0 Å². The highest BCUT2D eigenvalue weighted by atomic mass is 16.3. The number of H-pyrrole nitrogens is 1. The summed E-state index contributed by atoms with van der Waals surface area (Å²) in [7, 11) is 2.42. The SMILES string of the molecule is C/C=C1/C[N@+]2(C)[C@@H]3Cc4c([nH]c5ccccc45)[C@@H]2C[C@H]1[C@H]3CO. The Morgan fingerprint density at radius 2 is 2.17 bits per heavy atom. The average molecular weight is 309 g/mol. The number of aromatic nitrogens is 1. The number of rotatable bonds is 1. The van der Waals surface area contributed by atoms with E-state index in [2.05, 4.69) is 49.3 Å². The molecule has 4 aliphatic rings. The van der Waals surface area contributed by atoms with Crippen LogP contribution in [-0.2, 0) is 6.42 Å². The number of nitrogens with one attached hydrogen (secondary N) is 1. The maximum absolute atomic E-state index is 10.1. The number of piperidine rings is 3. The number of nitrogens with zero attached hydrogens (tertiary/aromatic N) is 1. The Bertz CT molecular complexity index is 820. The van der Waals surface area contributed by atoms with Crippen LogP contribution in [0.5, 0.6) is 0 Å². The highest BCUT2D eigenvalue weighted by molar-refractivity contribution is 5.85. The molecular weight excluding hydrogens is 284 g/mol. The molecule has 4 bridgehead atoms. The molecule has 1 aromatic carbocycles. The molecule has 23 heavy (non-hydrogen) atoms. The van der Waals surface area contributed by atoms with Crippen molar-refractivity contribution in [1.29, 1.82) is 0 Å². The van der Waals surface area contributed by atoms with Crippen LogP contribution in [0.2, 0.25) is 0 Å². The van der Waals surface area contributed by atoms with Gasteiger partial charge < -0.3 is 14.6 Å². The first-order valence-corrected chi connectivity index (χ1v) is 8.87. The van der Waals surface area contributed by atoms with Crippen molar-refractivity contribution in [2.24, 2.45) is 11.8 Å². The number of benzene rings is 1. The highest BCUT2D eigenvalue weighted by Gasteiger charge is 2.61. The topological polar surface area (TPSA) is 36.0 Å². The van der Waals surface area contributed by atoms with Gasteiger partial charge in [-0.05, 0) is 24.1 Å². The molecule has 5 heterocycles. The van der Waals surface area contributed by atoms with Crippen molar-refractivity contribution < 1.29 is 9.59 Å². The lowest BCUT2D eigenvalue weighted by Crippen LogP contribution is -2.70. The predicted octanol–water partition coefficient (Wildman–Crippen LogP) is 3.17. The Morgan fingerprint density at radius 3 is 2.96 bits per heavy atom. The second-order valence-electron chi connectivity index (χ2n) is 7.91. The van der Waals surface area contributed by atoms with Crippen LogP contribution in [0.1, 0.15) is 30.6 Å². The number of aromatic amines is 1. The van der Waals surface area contributed by atoms with E-state index in [1.807, 2.05) is 0 Å². The Morgan fingerprint density at radius 1 is 1.35 bits per heavy atom. The minimum Gasteiger partial charge on any atom is -0.396 e. The van der Waals surface area contributed by atoms with Gasteiger partial charge in [-0.2, -0.15) is 0 Å². The third-order valence-corrected chi connectivity index (χ3v) is 7.13. The maximum Gasteiger partial charge on any atom is 0.131 e. The van der Waals surface area contributed by atoms with Gasteiger partial charge in [-0.1, -0.05) is 24.3 Å². The number of hydrogen-bond donors (Lipinski definition) is 2. The Balaban J connectivity index is 1.73. The van der Waals surface area contributed by atoms with Crippen LogP contribution in [-0.4, -0.2) is 40.8 Å². The molecule has 2 N–H and O–H groups in total. The molecule has 0 aliphatic carbocycles. The van der Waals surface area contributed by atoms with Crippen molar-refractivity contribution in [2.45, 2.75) is 31.8 Å². The number of allylic oxidation sites excluding steroid dienone is 1. The number of likely N-dealkylation sites (N-methyl/N-ethyl adjacent to an activating group) is 1. The lowest BCUT2D eigenvalue weighted by atomic mass is 9.62. The van der Waals surface area contributed by atoms with Crippen LogP contribution < -0.4 is 0 Å². The van der Waals surface area contributed by atoms with E-state index in [9.17, 15) is 5.11 Å². The van der Waals surface area contributed by atoms with Crippen LogP contribution in [0.3, 0.4) is 0 Å². The van der Waals surface area contributed by atoms with Crippen LogP contribution in [0.25, 0.3) is 10.9 Å². The lowest BCUT2D eigenvalue weighted by Gasteiger charge is -2.62. The molecule has 0 saturated carbocycles. The van der Waals surface area contributed by atoms with Crippen molar-refractivity contribution >= 4 is 10.9 Å². The summed E-state index contributed by atoms with van der Waals surface area (Å²) in [5, 5.41) is 11.5. The molecule has 3 fully saturated rings. The number of quaternary nitrogens is 1. The number of aliphatic hydroxyl groups is 1. The smallest absolute Gasteiger partial charge is 0.131 e. The summed E-state index contributed by atoms with van der Waals surface area (Å²) in [6, 6.07) is 9.84. The van der Waals surface area contributed by atoms with Crippen LogP contribution in [0.15, 0.2) is 35.9 Å². The number of para-hydroxylation sites is 1. The lowest BCUT2D eigenvalue weighted by molar-refractivity contribution is -0.978. The van der Waals surface area contributed by atoms with Gasteiger partial charge in [0.1, 0.15) is 12.6 Å². The fourth-order valence-electron chi connectivity index (χ4n) is 6.02.